The molecule has 2 aliphatic rings. The number of ether oxygens (including phenoxy) is 1. The largest absolute Gasteiger partial charge is 0.385 e. The predicted molar refractivity (Wildman–Crippen MR) is 75.1 cm³/mol. The van der Waals surface area contributed by atoms with Gasteiger partial charge in [-0.05, 0) is 43.4 Å². The van der Waals surface area contributed by atoms with Gasteiger partial charge in [-0.25, -0.2) is 4.39 Å². The number of carbonyl (C=O) groups excluding carboxylic acids is 1. The van der Waals surface area contributed by atoms with Gasteiger partial charge in [0.25, 0.3) is 5.91 Å². The molecule has 0 radical (unpaired) electrons. The molecule has 2 aliphatic heterocycles. The van der Waals surface area contributed by atoms with Crippen LogP contribution >= 0.6 is 0 Å². The molecular formula is C16H20FNO3. The maximum atomic E-state index is 13.3. The Kier molecular flexibility index (Phi) is 3.95. The molecule has 2 heterocycles. The van der Waals surface area contributed by atoms with Gasteiger partial charge < -0.3 is 14.7 Å². The fourth-order valence-corrected chi connectivity index (χ4v) is 3.14. The van der Waals surface area contributed by atoms with Crippen LogP contribution < -0.4 is 0 Å². The molecule has 0 saturated carbocycles. The first-order valence-corrected chi connectivity index (χ1v) is 7.47. The Morgan fingerprint density at radius 3 is 2.76 bits per heavy atom. The topological polar surface area (TPSA) is 49.8 Å². The van der Waals surface area contributed by atoms with E-state index in [1.54, 1.807) is 17.0 Å². The molecule has 0 unspecified atom stereocenters. The van der Waals surface area contributed by atoms with Crippen LogP contribution in [0.15, 0.2) is 24.3 Å². The van der Waals surface area contributed by atoms with E-state index in [4.69, 9.17) is 4.74 Å². The van der Waals surface area contributed by atoms with E-state index in [1.807, 2.05) is 0 Å². The van der Waals surface area contributed by atoms with Gasteiger partial charge in [0, 0.05) is 19.7 Å². The van der Waals surface area contributed by atoms with Crippen LogP contribution in [0, 0.1) is 5.82 Å². The van der Waals surface area contributed by atoms with Gasteiger partial charge in [-0.3, -0.25) is 4.79 Å². The smallest absolute Gasteiger partial charge is 0.251 e. The molecule has 1 aromatic carbocycles. The zero-order chi connectivity index (χ0) is 14.9. The normalized spacial score (nSPS) is 25.0. The van der Waals surface area contributed by atoms with E-state index >= 15 is 0 Å². The van der Waals surface area contributed by atoms with Gasteiger partial charge in [0.05, 0.1) is 5.60 Å². The van der Waals surface area contributed by atoms with E-state index in [0.29, 0.717) is 38.1 Å². The molecule has 2 saturated heterocycles. The molecule has 2 fully saturated rings. The summed E-state index contributed by atoms with van der Waals surface area (Å²) in [5, 5.41) is 10.7. The van der Waals surface area contributed by atoms with Gasteiger partial charge in [0.15, 0.2) is 0 Å². The highest BCUT2D eigenvalue weighted by Crippen LogP contribution is 2.33. The lowest BCUT2D eigenvalue weighted by molar-refractivity contribution is -0.145. The average Bonchev–Trinajstić information content (AvgIpc) is 3.02. The third kappa shape index (κ3) is 2.94. The maximum Gasteiger partial charge on any atom is 0.251 e. The van der Waals surface area contributed by atoms with E-state index in [0.717, 1.165) is 12.8 Å². The van der Waals surface area contributed by atoms with E-state index in [1.165, 1.54) is 12.1 Å². The number of benzene rings is 1. The van der Waals surface area contributed by atoms with E-state index < -0.39 is 5.60 Å². The van der Waals surface area contributed by atoms with Crippen molar-refractivity contribution >= 4 is 5.91 Å². The van der Waals surface area contributed by atoms with Crippen molar-refractivity contribution in [1.29, 1.82) is 0 Å². The van der Waals surface area contributed by atoms with Crippen molar-refractivity contribution in [2.45, 2.75) is 37.4 Å². The number of hydrogen-bond acceptors (Lipinski definition) is 3. The molecule has 4 nitrogen and oxygen atoms in total. The summed E-state index contributed by atoms with van der Waals surface area (Å²) in [5.74, 6) is -0.326. The highest BCUT2D eigenvalue weighted by Gasteiger charge is 2.37. The number of carbonyl (C=O) groups is 1. The fraction of sp³-hybridized carbons (Fsp3) is 0.562. The number of hydrogen-bond donors (Lipinski definition) is 1. The van der Waals surface area contributed by atoms with E-state index in [-0.39, 0.29) is 17.8 Å². The Morgan fingerprint density at radius 1 is 1.38 bits per heavy atom. The van der Waals surface area contributed by atoms with Gasteiger partial charge in [0.1, 0.15) is 11.9 Å². The highest BCUT2D eigenvalue weighted by atomic mass is 19.1. The van der Waals surface area contributed by atoms with Crippen molar-refractivity contribution in [2.24, 2.45) is 0 Å². The minimum absolute atomic E-state index is 0.0220. The molecular weight excluding hydrogens is 273 g/mol. The minimum atomic E-state index is -1.05. The van der Waals surface area contributed by atoms with Crippen LogP contribution in [0.2, 0.25) is 0 Å². The number of rotatable bonds is 2. The first-order valence-electron chi connectivity index (χ1n) is 7.47. The summed E-state index contributed by atoms with van der Waals surface area (Å²) in [7, 11) is 0. The average molecular weight is 293 g/mol. The summed E-state index contributed by atoms with van der Waals surface area (Å²) in [6.07, 6.45) is 2.25. The lowest BCUT2D eigenvalue weighted by Crippen LogP contribution is -2.48. The van der Waals surface area contributed by atoms with Gasteiger partial charge in [0.2, 0.25) is 0 Å². The zero-order valence-corrected chi connectivity index (χ0v) is 11.9. The second kappa shape index (κ2) is 5.73. The van der Waals surface area contributed by atoms with Gasteiger partial charge in [-0.1, -0.05) is 12.1 Å². The lowest BCUT2D eigenvalue weighted by atomic mass is 9.84. The standard InChI is InChI=1S/C16H20FNO3/c17-13-4-1-3-12(11-13)16(20)6-8-18(9-7-16)15(19)14-5-2-10-21-14/h1,3-4,11,14,20H,2,5-10H2/t14-/m0/s1. The SMILES string of the molecule is O=C([C@@H]1CCCO1)N1CCC(O)(c2cccc(F)c2)CC1. The zero-order valence-electron chi connectivity index (χ0n) is 11.9. The summed E-state index contributed by atoms with van der Waals surface area (Å²) < 4.78 is 18.7. The van der Waals surface area contributed by atoms with Gasteiger partial charge in [-0.15, -0.1) is 0 Å². The third-order valence-corrected chi connectivity index (χ3v) is 4.47. The number of piperidine rings is 1. The molecule has 0 aromatic heterocycles. The Bertz CT molecular complexity index is 520. The van der Waals surface area contributed by atoms with Gasteiger partial charge in [-0.2, -0.15) is 0 Å². The third-order valence-electron chi connectivity index (χ3n) is 4.47. The maximum absolute atomic E-state index is 13.3. The molecule has 0 bridgehead atoms. The summed E-state index contributed by atoms with van der Waals surface area (Å²) in [6, 6.07) is 6.08. The van der Waals surface area contributed by atoms with Crippen LogP contribution in [0.1, 0.15) is 31.2 Å². The number of halogens is 1. The number of likely N-dealkylation sites (tertiary alicyclic amines) is 1. The van der Waals surface area contributed by atoms with Crippen molar-refractivity contribution in [3.05, 3.63) is 35.6 Å². The Morgan fingerprint density at radius 2 is 2.14 bits per heavy atom. The Labute approximate surface area is 123 Å². The molecule has 0 spiro atoms. The Hall–Kier alpha value is -1.46. The molecule has 0 aliphatic carbocycles. The molecule has 21 heavy (non-hydrogen) atoms. The second-order valence-corrected chi connectivity index (χ2v) is 5.87. The van der Waals surface area contributed by atoms with Crippen molar-refractivity contribution in [2.75, 3.05) is 19.7 Å². The minimum Gasteiger partial charge on any atom is -0.385 e. The fourth-order valence-electron chi connectivity index (χ4n) is 3.14. The summed E-state index contributed by atoms with van der Waals surface area (Å²) in [5.41, 5.74) is -0.457. The van der Waals surface area contributed by atoms with Crippen LogP contribution in [0.3, 0.4) is 0 Å². The number of nitrogens with zero attached hydrogens (tertiary/aromatic N) is 1. The molecule has 1 aromatic rings. The molecule has 1 atom stereocenters. The number of amides is 1. The van der Waals surface area contributed by atoms with Crippen LogP contribution in [0.5, 0.6) is 0 Å². The van der Waals surface area contributed by atoms with Crippen LogP contribution in [-0.2, 0) is 15.1 Å². The second-order valence-electron chi connectivity index (χ2n) is 5.87. The summed E-state index contributed by atoms with van der Waals surface area (Å²) in [4.78, 5) is 14.0. The van der Waals surface area contributed by atoms with Crippen LogP contribution in [0.4, 0.5) is 4.39 Å². The summed E-state index contributed by atoms with van der Waals surface area (Å²) in [6.45, 7) is 1.61. The quantitative estimate of drug-likeness (QED) is 0.905. The van der Waals surface area contributed by atoms with E-state index in [9.17, 15) is 14.3 Å². The summed E-state index contributed by atoms with van der Waals surface area (Å²) >= 11 is 0. The first-order chi connectivity index (χ1) is 10.1. The van der Waals surface area contributed by atoms with Crippen LogP contribution in [0.25, 0.3) is 0 Å². The van der Waals surface area contributed by atoms with Gasteiger partial charge >= 0.3 is 0 Å². The molecule has 1 N–H and O–H groups in total. The molecule has 3 rings (SSSR count). The van der Waals surface area contributed by atoms with Crippen molar-refractivity contribution in [3.63, 3.8) is 0 Å². The molecule has 5 heteroatoms. The van der Waals surface area contributed by atoms with Crippen molar-refractivity contribution < 1.29 is 19.0 Å². The van der Waals surface area contributed by atoms with E-state index in [2.05, 4.69) is 0 Å². The van der Waals surface area contributed by atoms with Crippen LogP contribution in [-0.4, -0.2) is 41.7 Å². The monoisotopic (exact) mass is 293 g/mol. The lowest BCUT2D eigenvalue weighted by Gasteiger charge is -2.39. The van der Waals surface area contributed by atoms with Crippen molar-refractivity contribution in [3.8, 4) is 0 Å². The molecule has 114 valence electrons. The predicted octanol–water partition coefficient (Wildman–Crippen LogP) is 1.81. The number of aliphatic hydroxyl groups is 1. The molecule has 1 amide bonds. The van der Waals surface area contributed by atoms with Crippen molar-refractivity contribution in [1.82, 2.24) is 4.90 Å². The first kappa shape index (κ1) is 14.5. The Balaban J connectivity index is 1.65. The highest BCUT2D eigenvalue weighted by molar-refractivity contribution is 5.81.